The summed E-state index contributed by atoms with van der Waals surface area (Å²) in [4.78, 5) is 0. The highest BCUT2D eigenvalue weighted by atomic mass is 19.2. The van der Waals surface area contributed by atoms with Crippen LogP contribution in [0.5, 0.6) is 5.75 Å². The van der Waals surface area contributed by atoms with Gasteiger partial charge >= 0.3 is 0 Å². The molecule has 0 amide bonds. The molecule has 0 unspecified atom stereocenters. The Kier molecular flexibility index (Phi) is 7.96. The summed E-state index contributed by atoms with van der Waals surface area (Å²) in [7, 11) is 0. The predicted octanol–water partition coefficient (Wildman–Crippen LogP) is 7.54. The molecular formula is C24H36F2O. The fourth-order valence-electron chi connectivity index (χ4n) is 5.24. The lowest BCUT2D eigenvalue weighted by atomic mass is 9.69. The zero-order valence-electron chi connectivity index (χ0n) is 16.9. The molecule has 0 aromatic heterocycles. The molecule has 3 rings (SSSR count). The summed E-state index contributed by atoms with van der Waals surface area (Å²) >= 11 is 0. The van der Waals surface area contributed by atoms with Crippen LogP contribution in [0.4, 0.5) is 8.78 Å². The lowest BCUT2D eigenvalue weighted by molar-refractivity contribution is 0.121. The minimum Gasteiger partial charge on any atom is -0.493 e. The second kappa shape index (κ2) is 10.4. The molecule has 2 aliphatic rings. The highest BCUT2D eigenvalue weighted by Gasteiger charge is 2.30. The molecule has 2 saturated carbocycles. The number of ether oxygens (including phenoxy) is 1. The molecule has 27 heavy (non-hydrogen) atoms. The van der Waals surface area contributed by atoms with Crippen LogP contribution in [-0.2, 0) is 0 Å². The molecule has 0 heterocycles. The van der Waals surface area contributed by atoms with Crippen LogP contribution in [0.25, 0.3) is 0 Å². The zero-order chi connectivity index (χ0) is 19.1. The fourth-order valence-corrected chi connectivity index (χ4v) is 5.24. The summed E-state index contributed by atoms with van der Waals surface area (Å²) < 4.78 is 32.0. The molecule has 0 radical (unpaired) electrons. The monoisotopic (exact) mass is 378 g/mol. The minimum atomic E-state index is -0.832. The van der Waals surface area contributed by atoms with Gasteiger partial charge in [-0.1, -0.05) is 45.4 Å². The second-order valence-corrected chi connectivity index (χ2v) is 8.94. The van der Waals surface area contributed by atoms with Crippen LogP contribution in [0.1, 0.15) is 84.0 Å². The van der Waals surface area contributed by atoms with Gasteiger partial charge in [0.1, 0.15) is 5.75 Å². The first-order chi connectivity index (χ1) is 13.2. The Hall–Kier alpha value is -1.12. The van der Waals surface area contributed by atoms with Crippen LogP contribution in [0.15, 0.2) is 18.2 Å². The highest BCUT2D eigenvalue weighted by molar-refractivity contribution is 5.23. The maximum Gasteiger partial charge on any atom is 0.162 e. The number of rotatable bonds is 8. The van der Waals surface area contributed by atoms with Gasteiger partial charge in [-0.05, 0) is 74.3 Å². The van der Waals surface area contributed by atoms with Crippen LogP contribution >= 0.6 is 0 Å². The summed E-state index contributed by atoms with van der Waals surface area (Å²) in [6.07, 6.45) is 16.5. The molecule has 2 fully saturated rings. The van der Waals surface area contributed by atoms with Crippen molar-refractivity contribution in [3.63, 3.8) is 0 Å². The van der Waals surface area contributed by atoms with Crippen LogP contribution < -0.4 is 4.74 Å². The van der Waals surface area contributed by atoms with Gasteiger partial charge in [-0.15, -0.1) is 0 Å². The largest absolute Gasteiger partial charge is 0.493 e. The lowest BCUT2D eigenvalue weighted by Gasteiger charge is -2.38. The summed E-state index contributed by atoms with van der Waals surface area (Å²) in [5, 5.41) is 0. The molecule has 3 heteroatoms. The SMILES string of the molecule is CCCCCC1CCC(C2CCC(COc3ccc(F)c(F)c3)CC2)CC1. The Morgan fingerprint density at radius 3 is 2.04 bits per heavy atom. The van der Waals surface area contributed by atoms with Gasteiger partial charge in [0.15, 0.2) is 11.6 Å². The van der Waals surface area contributed by atoms with Gasteiger partial charge in [0.25, 0.3) is 0 Å². The van der Waals surface area contributed by atoms with Crippen molar-refractivity contribution >= 4 is 0 Å². The van der Waals surface area contributed by atoms with Gasteiger partial charge in [-0.3, -0.25) is 0 Å². The number of benzene rings is 1. The van der Waals surface area contributed by atoms with Gasteiger partial charge in [0.2, 0.25) is 0 Å². The predicted molar refractivity (Wildman–Crippen MR) is 107 cm³/mol. The number of hydrogen-bond donors (Lipinski definition) is 0. The average Bonchev–Trinajstić information content (AvgIpc) is 2.70. The van der Waals surface area contributed by atoms with E-state index in [0.29, 0.717) is 18.3 Å². The highest BCUT2D eigenvalue weighted by Crippen LogP contribution is 2.42. The molecule has 0 saturated heterocycles. The van der Waals surface area contributed by atoms with E-state index in [1.165, 1.54) is 83.1 Å². The number of halogens is 2. The fraction of sp³-hybridized carbons (Fsp3) is 0.750. The van der Waals surface area contributed by atoms with E-state index in [1.54, 1.807) is 0 Å². The van der Waals surface area contributed by atoms with Gasteiger partial charge < -0.3 is 4.74 Å². The van der Waals surface area contributed by atoms with Crippen molar-refractivity contribution in [2.45, 2.75) is 84.0 Å². The molecule has 0 atom stereocenters. The van der Waals surface area contributed by atoms with Crippen LogP contribution in [0, 0.1) is 35.3 Å². The van der Waals surface area contributed by atoms with Crippen molar-refractivity contribution in [2.75, 3.05) is 6.61 Å². The van der Waals surface area contributed by atoms with E-state index in [0.717, 1.165) is 29.9 Å². The van der Waals surface area contributed by atoms with Crippen molar-refractivity contribution in [3.8, 4) is 5.75 Å². The van der Waals surface area contributed by atoms with E-state index < -0.39 is 11.6 Å². The first-order valence-electron chi connectivity index (χ1n) is 11.2. The van der Waals surface area contributed by atoms with E-state index in [4.69, 9.17) is 4.74 Å². The molecular weight excluding hydrogens is 342 g/mol. The van der Waals surface area contributed by atoms with Crippen LogP contribution in [0.2, 0.25) is 0 Å². The van der Waals surface area contributed by atoms with Crippen molar-refractivity contribution in [1.29, 1.82) is 0 Å². The van der Waals surface area contributed by atoms with Gasteiger partial charge in [-0.25, -0.2) is 8.78 Å². The molecule has 2 aliphatic carbocycles. The van der Waals surface area contributed by atoms with Crippen molar-refractivity contribution in [1.82, 2.24) is 0 Å². The van der Waals surface area contributed by atoms with Crippen LogP contribution in [0.3, 0.4) is 0 Å². The topological polar surface area (TPSA) is 9.23 Å². The van der Waals surface area contributed by atoms with Crippen molar-refractivity contribution in [3.05, 3.63) is 29.8 Å². The summed E-state index contributed by atoms with van der Waals surface area (Å²) in [6, 6.07) is 3.81. The first kappa shape index (κ1) is 20.6. The van der Waals surface area contributed by atoms with E-state index >= 15 is 0 Å². The second-order valence-electron chi connectivity index (χ2n) is 8.94. The normalized spacial score (nSPS) is 28.9. The summed E-state index contributed by atoms with van der Waals surface area (Å²) in [5.74, 6) is 2.19. The smallest absolute Gasteiger partial charge is 0.162 e. The van der Waals surface area contributed by atoms with E-state index in [-0.39, 0.29) is 0 Å². The average molecular weight is 379 g/mol. The third kappa shape index (κ3) is 6.19. The molecule has 0 spiro atoms. The number of unbranched alkanes of at least 4 members (excludes halogenated alkanes) is 2. The van der Waals surface area contributed by atoms with E-state index in [2.05, 4.69) is 6.92 Å². The molecule has 1 aromatic rings. The third-order valence-corrected chi connectivity index (χ3v) is 7.04. The quantitative estimate of drug-likeness (QED) is 0.425. The Labute approximate surface area is 163 Å². The Balaban J connectivity index is 1.34. The Bertz CT molecular complexity index is 557. The maximum absolute atomic E-state index is 13.3. The minimum absolute atomic E-state index is 0.442. The first-order valence-corrected chi connectivity index (χ1v) is 11.2. The molecule has 1 aromatic carbocycles. The van der Waals surface area contributed by atoms with E-state index in [1.807, 2.05) is 0 Å². The molecule has 0 aliphatic heterocycles. The van der Waals surface area contributed by atoms with Gasteiger partial charge in [0, 0.05) is 6.07 Å². The molecule has 0 N–H and O–H groups in total. The van der Waals surface area contributed by atoms with Crippen LogP contribution in [-0.4, -0.2) is 6.61 Å². The molecule has 152 valence electrons. The Morgan fingerprint density at radius 2 is 1.44 bits per heavy atom. The van der Waals surface area contributed by atoms with Crippen molar-refractivity contribution in [2.24, 2.45) is 23.7 Å². The molecule has 1 nitrogen and oxygen atoms in total. The zero-order valence-corrected chi connectivity index (χ0v) is 16.9. The Morgan fingerprint density at radius 1 is 0.815 bits per heavy atom. The molecule has 0 bridgehead atoms. The van der Waals surface area contributed by atoms with Gasteiger partial charge in [-0.2, -0.15) is 0 Å². The number of hydrogen-bond acceptors (Lipinski definition) is 1. The maximum atomic E-state index is 13.3. The standard InChI is InChI=1S/C24H36F2O/c1-2-3-4-5-18-6-10-20(11-7-18)21-12-8-19(9-13-21)17-27-22-14-15-23(25)24(26)16-22/h14-16,18-21H,2-13,17H2,1H3. The van der Waals surface area contributed by atoms with Crippen molar-refractivity contribution < 1.29 is 13.5 Å². The summed E-state index contributed by atoms with van der Waals surface area (Å²) in [6.45, 7) is 2.91. The lowest BCUT2D eigenvalue weighted by Crippen LogP contribution is -2.27. The summed E-state index contributed by atoms with van der Waals surface area (Å²) in [5.41, 5.74) is 0. The third-order valence-electron chi connectivity index (χ3n) is 7.04. The van der Waals surface area contributed by atoms with Gasteiger partial charge in [0.05, 0.1) is 6.61 Å². The van der Waals surface area contributed by atoms with E-state index in [9.17, 15) is 8.78 Å².